The molecule has 0 radical (unpaired) electrons. The molecule has 2 aliphatic rings. The van der Waals surface area contributed by atoms with Gasteiger partial charge in [0.15, 0.2) is 17.3 Å². The number of carbonyl (C=O) groups is 2. The van der Waals surface area contributed by atoms with Crippen molar-refractivity contribution in [2.45, 2.75) is 50.6 Å². The molecular weight excluding hydrogens is 602 g/mol. The molecule has 2 aliphatic heterocycles. The highest BCUT2D eigenvalue weighted by molar-refractivity contribution is 5.88. The van der Waals surface area contributed by atoms with Crippen LogP contribution in [0.3, 0.4) is 0 Å². The molecule has 2 aromatic carbocycles. The monoisotopic (exact) mass is 639 g/mol. The van der Waals surface area contributed by atoms with E-state index < -0.39 is 29.0 Å². The van der Waals surface area contributed by atoms with Crippen molar-refractivity contribution in [3.8, 4) is 17.2 Å². The van der Waals surface area contributed by atoms with Gasteiger partial charge < -0.3 is 34.2 Å². The van der Waals surface area contributed by atoms with Gasteiger partial charge >= 0.3 is 0 Å². The van der Waals surface area contributed by atoms with Crippen LogP contribution in [0.5, 0.6) is 17.2 Å². The van der Waals surface area contributed by atoms with Gasteiger partial charge in [-0.2, -0.15) is 0 Å². The van der Waals surface area contributed by atoms with Crippen molar-refractivity contribution in [2.75, 3.05) is 20.2 Å². The van der Waals surface area contributed by atoms with Crippen LogP contribution in [0, 0.1) is 12.8 Å². The molecule has 2 aromatic heterocycles. The molecule has 4 aromatic rings. The van der Waals surface area contributed by atoms with Crippen molar-refractivity contribution in [2.24, 2.45) is 5.92 Å². The summed E-state index contributed by atoms with van der Waals surface area (Å²) in [4.78, 5) is 55.0. The molecular formula is C36H37N3O8. The number of aryl methyl sites for hydroxylation is 1. The van der Waals surface area contributed by atoms with Crippen LogP contribution in [0.4, 0.5) is 0 Å². The first-order valence-electron chi connectivity index (χ1n) is 15.6. The second-order valence-electron chi connectivity index (χ2n) is 12.4. The molecule has 6 rings (SSSR count). The van der Waals surface area contributed by atoms with Gasteiger partial charge in [-0.3, -0.25) is 19.2 Å². The summed E-state index contributed by atoms with van der Waals surface area (Å²) in [5, 5.41) is 23.9. The number of carbonyl (C=O) groups excluding carboxylic acids is 2. The fraction of sp³-hybridized carbons (Fsp3) is 0.333. The third-order valence-corrected chi connectivity index (χ3v) is 9.09. The summed E-state index contributed by atoms with van der Waals surface area (Å²) >= 11 is 0. The fourth-order valence-corrected chi connectivity index (χ4v) is 6.92. The van der Waals surface area contributed by atoms with E-state index in [0.29, 0.717) is 25.2 Å². The quantitative estimate of drug-likeness (QED) is 0.252. The van der Waals surface area contributed by atoms with Crippen molar-refractivity contribution in [3.05, 3.63) is 122 Å². The summed E-state index contributed by atoms with van der Waals surface area (Å²) < 4.78 is 12.9. The van der Waals surface area contributed by atoms with E-state index in [0.717, 1.165) is 23.7 Å². The van der Waals surface area contributed by atoms with Gasteiger partial charge in [0.05, 0.1) is 13.0 Å². The van der Waals surface area contributed by atoms with Gasteiger partial charge in [-0.15, -0.1) is 0 Å². The number of benzene rings is 2. The second-order valence-corrected chi connectivity index (χ2v) is 12.4. The van der Waals surface area contributed by atoms with E-state index in [1.54, 1.807) is 34.6 Å². The van der Waals surface area contributed by atoms with E-state index in [1.165, 1.54) is 19.2 Å². The average molecular weight is 640 g/mol. The van der Waals surface area contributed by atoms with Crippen LogP contribution in [-0.4, -0.2) is 57.7 Å². The zero-order valence-electron chi connectivity index (χ0n) is 26.2. The Bertz CT molecular complexity index is 1920. The number of amides is 2. The number of rotatable bonds is 9. The second kappa shape index (κ2) is 13.2. The summed E-state index contributed by atoms with van der Waals surface area (Å²) in [6.07, 6.45) is 0.843. The molecule has 0 unspecified atom stereocenters. The number of hydrogen-bond acceptors (Lipinski definition) is 8. The number of nitrogens with one attached hydrogen (secondary N) is 1. The molecule has 0 spiro atoms. The Morgan fingerprint density at radius 2 is 1.79 bits per heavy atom. The summed E-state index contributed by atoms with van der Waals surface area (Å²) in [6, 6.07) is 19.4. The lowest BCUT2D eigenvalue weighted by Gasteiger charge is -2.43. The molecule has 47 heavy (non-hydrogen) atoms. The molecule has 4 atom stereocenters. The number of piperidine rings is 1. The first kappa shape index (κ1) is 31.7. The van der Waals surface area contributed by atoms with Gasteiger partial charge in [-0.25, -0.2) is 0 Å². The molecule has 0 saturated carbocycles. The molecule has 1 fully saturated rings. The van der Waals surface area contributed by atoms with Crippen molar-refractivity contribution < 1.29 is 29.0 Å². The van der Waals surface area contributed by atoms with E-state index in [9.17, 15) is 29.4 Å². The molecule has 4 heterocycles. The van der Waals surface area contributed by atoms with Crippen LogP contribution in [0.2, 0.25) is 0 Å². The molecule has 11 heteroatoms. The van der Waals surface area contributed by atoms with E-state index in [-0.39, 0.29) is 59.2 Å². The number of ether oxygens (including phenoxy) is 1. The van der Waals surface area contributed by atoms with Crippen molar-refractivity contribution in [1.29, 1.82) is 0 Å². The van der Waals surface area contributed by atoms with Gasteiger partial charge in [0.2, 0.25) is 23.0 Å². The number of fused-ring (bicyclic) bond motifs is 4. The fourth-order valence-electron chi connectivity index (χ4n) is 6.92. The van der Waals surface area contributed by atoms with E-state index in [2.05, 4.69) is 5.32 Å². The van der Waals surface area contributed by atoms with Gasteiger partial charge in [0.25, 0.3) is 5.56 Å². The minimum absolute atomic E-state index is 0.00878. The van der Waals surface area contributed by atoms with E-state index in [1.807, 2.05) is 36.4 Å². The Morgan fingerprint density at radius 1 is 1.00 bits per heavy atom. The predicted molar refractivity (Wildman–Crippen MR) is 173 cm³/mol. The lowest BCUT2D eigenvalue weighted by Crippen LogP contribution is -2.55. The minimum atomic E-state index is -0.950. The molecule has 3 N–H and O–H groups in total. The number of hydrogen-bond donors (Lipinski definition) is 3. The smallest absolute Gasteiger partial charge is 0.250 e. The van der Waals surface area contributed by atoms with Crippen LogP contribution in [-0.2, 0) is 22.6 Å². The number of phenolic OH excluding ortho intramolecular Hbond substituents is 1. The Labute approximate surface area is 271 Å². The topological polar surface area (TPSA) is 151 Å². The predicted octanol–water partition coefficient (Wildman–Crippen LogP) is 3.43. The van der Waals surface area contributed by atoms with Crippen LogP contribution >= 0.6 is 0 Å². The number of likely N-dealkylation sites (tertiary alicyclic amines) is 1. The number of aromatic hydroxyl groups is 2. The number of methoxy groups -OCH3 is 1. The highest BCUT2D eigenvalue weighted by Gasteiger charge is 2.39. The molecule has 244 valence electrons. The highest BCUT2D eigenvalue weighted by Crippen LogP contribution is 2.38. The summed E-state index contributed by atoms with van der Waals surface area (Å²) in [5.41, 5.74) is 1.53. The van der Waals surface area contributed by atoms with Crippen LogP contribution in [0.25, 0.3) is 0 Å². The number of pyridine rings is 1. The number of phenols is 1. The van der Waals surface area contributed by atoms with Crippen LogP contribution in [0.1, 0.15) is 53.0 Å². The van der Waals surface area contributed by atoms with Crippen molar-refractivity contribution in [1.82, 2.24) is 14.8 Å². The standard InChI is InChI=1S/C36H37N3O8/c1-21-13-30(41)34(44)35(47-21)26(24-11-12-29(40)31(16-24)46-2)17-32(42)37-27(15-22-7-4-3-5-8-22)36(45)38-18-23-14-25(20-38)28-9-6-10-33(43)39(28)19-23/h3-13,16,23,25-27,40,44H,14-15,17-20H2,1-2H3,(H,37,42)/t23-,25+,26-,27+/m1/s1. The molecule has 2 bridgehead atoms. The van der Waals surface area contributed by atoms with Crippen LogP contribution < -0.4 is 21.0 Å². The normalized spacial score (nSPS) is 18.1. The largest absolute Gasteiger partial charge is 0.504 e. The lowest BCUT2D eigenvalue weighted by molar-refractivity contribution is -0.138. The third-order valence-electron chi connectivity index (χ3n) is 9.09. The zero-order valence-corrected chi connectivity index (χ0v) is 26.2. The average Bonchev–Trinajstić information content (AvgIpc) is 3.06. The first-order chi connectivity index (χ1) is 22.6. The third kappa shape index (κ3) is 6.65. The van der Waals surface area contributed by atoms with Crippen molar-refractivity contribution in [3.63, 3.8) is 0 Å². The first-order valence-corrected chi connectivity index (χ1v) is 15.6. The molecule has 0 aliphatic carbocycles. The molecule has 11 nitrogen and oxygen atoms in total. The maximum Gasteiger partial charge on any atom is 0.250 e. The summed E-state index contributed by atoms with van der Waals surface area (Å²) in [5.74, 6) is -2.04. The van der Waals surface area contributed by atoms with Crippen molar-refractivity contribution >= 4 is 11.8 Å². The van der Waals surface area contributed by atoms with Gasteiger partial charge in [0.1, 0.15) is 11.8 Å². The Kier molecular flexibility index (Phi) is 8.88. The maximum absolute atomic E-state index is 14.2. The van der Waals surface area contributed by atoms with Crippen LogP contribution in [0.15, 0.2) is 86.8 Å². The Morgan fingerprint density at radius 3 is 2.55 bits per heavy atom. The molecule has 1 saturated heterocycles. The highest BCUT2D eigenvalue weighted by atomic mass is 16.5. The SMILES string of the molecule is COc1cc([C@@H](CC(=O)N[C@@H](Cc2ccccc2)C(=O)N2C[C@H]3C[C@@H](C2)c2cccc(=O)n2C3)c2oc(C)cc(=O)c2O)ccc1O. The van der Waals surface area contributed by atoms with E-state index in [4.69, 9.17) is 9.15 Å². The van der Waals surface area contributed by atoms with Gasteiger partial charge in [0, 0.05) is 56.2 Å². The Balaban J connectivity index is 1.29. The number of nitrogens with zero attached hydrogens (tertiary/aromatic N) is 2. The van der Waals surface area contributed by atoms with E-state index >= 15 is 0 Å². The van der Waals surface area contributed by atoms with Gasteiger partial charge in [-0.1, -0.05) is 42.5 Å². The lowest BCUT2D eigenvalue weighted by atomic mass is 9.82. The maximum atomic E-state index is 14.2. The zero-order chi connectivity index (χ0) is 33.2. The summed E-state index contributed by atoms with van der Waals surface area (Å²) in [7, 11) is 1.39. The minimum Gasteiger partial charge on any atom is -0.504 e. The number of aromatic nitrogens is 1. The van der Waals surface area contributed by atoms with Gasteiger partial charge in [-0.05, 0) is 48.6 Å². The molecule has 2 amide bonds. The Hall–Kier alpha value is -5.32. The summed E-state index contributed by atoms with van der Waals surface area (Å²) in [6.45, 7) is 3.00.